The molecule has 7 rings (SSSR count). The third kappa shape index (κ3) is 6.39. The maximum Gasteiger partial charge on any atom is 0.337 e. The predicted molar refractivity (Wildman–Crippen MR) is 195 cm³/mol. The SMILES string of the molecule is Cc1cc2nc(-c3ccc4c(c3)c(C3CCN(C5CCN(C)C5)CC3)nn4C)sc2c(-c2ccc(Cl)cc2)c1[C@H](OC(C)(C)C)C(=O)O. The zero-order valence-corrected chi connectivity index (χ0v) is 30.2. The number of halogens is 1. The van der Waals surface area contributed by atoms with Gasteiger partial charge in [-0.2, -0.15) is 5.10 Å². The largest absolute Gasteiger partial charge is 0.479 e. The molecule has 2 atom stereocenters. The Morgan fingerprint density at radius 3 is 2.38 bits per heavy atom. The molecule has 3 aromatic carbocycles. The highest BCUT2D eigenvalue weighted by atomic mass is 35.5. The Labute approximate surface area is 291 Å². The number of hydrogen-bond acceptors (Lipinski definition) is 7. The number of carboxylic acid groups (broad SMARTS) is 1. The van der Waals surface area contributed by atoms with Crippen molar-refractivity contribution in [3.63, 3.8) is 0 Å². The first-order valence-corrected chi connectivity index (χ1v) is 18.1. The minimum atomic E-state index is -1.15. The summed E-state index contributed by atoms with van der Waals surface area (Å²) in [6, 6.07) is 16.8. The van der Waals surface area contributed by atoms with Crippen LogP contribution >= 0.6 is 22.9 Å². The van der Waals surface area contributed by atoms with Gasteiger partial charge in [0, 0.05) is 52.7 Å². The molecule has 0 radical (unpaired) electrons. The van der Waals surface area contributed by atoms with E-state index in [1.54, 1.807) is 11.3 Å². The fraction of sp³-hybridized carbons (Fsp3) is 0.447. The Morgan fingerprint density at radius 2 is 1.73 bits per heavy atom. The van der Waals surface area contributed by atoms with Crippen LogP contribution in [0.15, 0.2) is 48.5 Å². The molecule has 10 heteroatoms. The predicted octanol–water partition coefficient (Wildman–Crippen LogP) is 8.30. The molecule has 2 saturated heterocycles. The number of piperidine rings is 1. The molecule has 48 heavy (non-hydrogen) atoms. The van der Waals surface area contributed by atoms with Crippen LogP contribution in [0.3, 0.4) is 0 Å². The lowest BCUT2D eigenvalue weighted by Crippen LogP contribution is -2.42. The quantitative estimate of drug-likeness (QED) is 0.185. The number of aliphatic carboxylic acids is 1. The Kier molecular flexibility index (Phi) is 8.87. The van der Waals surface area contributed by atoms with Crippen molar-refractivity contribution >= 4 is 50.0 Å². The van der Waals surface area contributed by atoms with Crippen LogP contribution in [0.25, 0.3) is 42.8 Å². The van der Waals surface area contributed by atoms with Crippen LogP contribution in [0.1, 0.15) is 68.9 Å². The topological polar surface area (TPSA) is 83.7 Å². The highest BCUT2D eigenvalue weighted by Crippen LogP contribution is 2.45. The number of benzene rings is 3. The van der Waals surface area contributed by atoms with E-state index in [4.69, 9.17) is 26.4 Å². The van der Waals surface area contributed by atoms with E-state index in [1.807, 2.05) is 69.8 Å². The van der Waals surface area contributed by atoms with Gasteiger partial charge in [-0.3, -0.25) is 9.58 Å². The van der Waals surface area contributed by atoms with Gasteiger partial charge < -0.3 is 14.7 Å². The number of carbonyl (C=O) groups is 1. The van der Waals surface area contributed by atoms with Gasteiger partial charge in [0.2, 0.25) is 0 Å². The van der Waals surface area contributed by atoms with Gasteiger partial charge in [0.15, 0.2) is 6.10 Å². The number of nitrogens with zero attached hydrogens (tertiary/aromatic N) is 5. The summed E-state index contributed by atoms with van der Waals surface area (Å²) in [4.78, 5) is 23.0. The lowest BCUT2D eigenvalue weighted by atomic mass is 9.90. The van der Waals surface area contributed by atoms with E-state index in [1.165, 1.54) is 30.6 Å². The molecule has 252 valence electrons. The van der Waals surface area contributed by atoms with Crippen molar-refractivity contribution in [1.82, 2.24) is 24.6 Å². The van der Waals surface area contributed by atoms with E-state index in [9.17, 15) is 9.90 Å². The van der Waals surface area contributed by atoms with Gasteiger partial charge in [-0.05, 0) is 121 Å². The maximum absolute atomic E-state index is 12.7. The standard InChI is InChI=1S/C38H44ClN5O3S/c1-22-19-29-35(32(23-7-10-26(39)11-8-23)31(22)34(37(45)46)47-38(2,3)4)48-36(40-29)25-9-12-30-28(20-25)33(41-43(30)6)24-13-17-44(18-14-24)27-15-16-42(5)21-27/h7-12,19-20,24,27,34H,13-18,21H2,1-6H3,(H,45,46)/t27?,34-/m0/s1. The fourth-order valence-corrected chi connectivity index (χ4v) is 8.88. The molecule has 0 spiro atoms. The molecule has 5 aromatic rings. The lowest BCUT2D eigenvalue weighted by molar-refractivity contribution is -0.160. The van der Waals surface area contributed by atoms with Crippen LogP contribution in [0, 0.1) is 6.92 Å². The molecule has 0 aliphatic carbocycles. The van der Waals surface area contributed by atoms with Crippen molar-refractivity contribution in [3.8, 4) is 21.7 Å². The van der Waals surface area contributed by atoms with Crippen molar-refractivity contribution < 1.29 is 14.6 Å². The van der Waals surface area contributed by atoms with Crippen molar-refractivity contribution in [2.24, 2.45) is 7.05 Å². The number of aryl methyl sites for hydroxylation is 2. The van der Waals surface area contributed by atoms with Crippen molar-refractivity contribution in [2.45, 2.75) is 70.6 Å². The third-order valence-electron chi connectivity index (χ3n) is 9.94. The van der Waals surface area contributed by atoms with Gasteiger partial charge in [0.1, 0.15) is 5.01 Å². The molecule has 2 aliphatic heterocycles. The summed E-state index contributed by atoms with van der Waals surface area (Å²) in [5.74, 6) is -0.601. The number of carboxylic acids is 1. The average molecular weight is 686 g/mol. The van der Waals surface area contributed by atoms with Crippen LogP contribution in [0.2, 0.25) is 5.02 Å². The van der Waals surface area contributed by atoms with Crippen LogP contribution < -0.4 is 0 Å². The van der Waals surface area contributed by atoms with Gasteiger partial charge in [-0.1, -0.05) is 23.7 Å². The van der Waals surface area contributed by atoms with E-state index in [0.29, 0.717) is 22.5 Å². The van der Waals surface area contributed by atoms with E-state index in [-0.39, 0.29) is 0 Å². The summed E-state index contributed by atoms with van der Waals surface area (Å²) in [6.45, 7) is 12.2. The Morgan fingerprint density at radius 1 is 1.02 bits per heavy atom. The first-order valence-electron chi connectivity index (χ1n) is 16.9. The summed E-state index contributed by atoms with van der Waals surface area (Å²) in [5, 5.41) is 18.2. The Bertz CT molecular complexity index is 1990. The number of fused-ring (bicyclic) bond motifs is 2. The monoisotopic (exact) mass is 685 g/mol. The molecular formula is C38H44ClN5O3S. The molecule has 2 aliphatic rings. The van der Waals surface area contributed by atoms with Crippen molar-refractivity contribution in [1.29, 1.82) is 0 Å². The smallest absolute Gasteiger partial charge is 0.337 e. The lowest BCUT2D eigenvalue weighted by Gasteiger charge is -2.35. The van der Waals surface area contributed by atoms with Crippen LogP contribution in [0.4, 0.5) is 0 Å². The number of rotatable bonds is 7. The summed E-state index contributed by atoms with van der Waals surface area (Å²) in [7, 11) is 4.26. The van der Waals surface area contributed by atoms with Crippen molar-refractivity contribution in [2.75, 3.05) is 33.2 Å². The number of hydrogen-bond donors (Lipinski definition) is 1. The maximum atomic E-state index is 12.7. The second-order valence-electron chi connectivity index (χ2n) is 14.6. The Balaban J connectivity index is 1.30. The molecule has 2 aromatic heterocycles. The van der Waals surface area contributed by atoms with Crippen LogP contribution in [-0.2, 0) is 16.6 Å². The highest BCUT2D eigenvalue weighted by molar-refractivity contribution is 7.22. The molecule has 1 N–H and O–H groups in total. The number of thiazole rings is 1. The van der Waals surface area contributed by atoms with Gasteiger partial charge in [0.05, 0.1) is 27.0 Å². The number of aromatic nitrogens is 3. The molecule has 2 fully saturated rings. The fourth-order valence-electron chi connectivity index (χ4n) is 7.64. The highest BCUT2D eigenvalue weighted by Gasteiger charge is 2.33. The summed E-state index contributed by atoms with van der Waals surface area (Å²) in [5.41, 5.74) is 6.67. The second-order valence-corrected chi connectivity index (χ2v) is 16.0. The first-order chi connectivity index (χ1) is 22.9. The number of likely N-dealkylation sites (tertiary alicyclic amines) is 2. The minimum absolute atomic E-state index is 0.423. The van der Waals surface area contributed by atoms with Gasteiger partial charge in [-0.25, -0.2) is 9.78 Å². The average Bonchev–Trinajstić information content (AvgIpc) is 3.76. The normalized spacial score (nSPS) is 19.1. The second kappa shape index (κ2) is 12.8. The van der Waals surface area contributed by atoms with Gasteiger partial charge >= 0.3 is 5.97 Å². The van der Waals surface area contributed by atoms with E-state index < -0.39 is 17.7 Å². The third-order valence-corrected chi connectivity index (χ3v) is 11.3. The zero-order valence-electron chi connectivity index (χ0n) is 28.6. The minimum Gasteiger partial charge on any atom is -0.479 e. The molecule has 4 heterocycles. The van der Waals surface area contributed by atoms with E-state index >= 15 is 0 Å². The summed E-state index contributed by atoms with van der Waals surface area (Å²) >= 11 is 7.88. The van der Waals surface area contributed by atoms with E-state index in [2.05, 4.69) is 35.0 Å². The van der Waals surface area contributed by atoms with Crippen molar-refractivity contribution in [3.05, 3.63) is 70.4 Å². The van der Waals surface area contributed by atoms with Crippen LogP contribution in [-0.4, -0.2) is 80.5 Å². The molecule has 1 unspecified atom stereocenters. The summed E-state index contributed by atoms with van der Waals surface area (Å²) in [6.07, 6.45) is 2.35. The van der Waals surface area contributed by atoms with Crippen LogP contribution in [0.5, 0.6) is 0 Å². The zero-order chi connectivity index (χ0) is 33.9. The molecule has 0 saturated carbocycles. The molecule has 0 bridgehead atoms. The molecule has 8 nitrogen and oxygen atoms in total. The first kappa shape index (κ1) is 33.2. The van der Waals surface area contributed by atoms with E-state index in [0.717, 1.165) is 68.9 Å². The number of ether oxygens (including phenoxy) is 1. The Hall–Kier alpha value is -3.34. The van der Waals surface area contributed by atoms with Gasteiger partial charge in [0.25, 0.3) is 0 Å². The number of likely N-dealkylation sites (N-methyl/N-ethyl adjacent to an activating group) is 1. The van der Waals surface area contributed by atoms with Gasteiger partial charge in [-0.15, -0.1) is 11.3 Å². The summed E-state index contributed by atoms with van der Waals surface area (Å²) < 4.78 is 9.14. The molecular weight excluding hydrogens is 642 g/mol. The molecule has 0 amide bonds.